The van der Waals surface area contributed by atoms with E-state index in [0.29, 0.717) is 19.4 Å². The van der Waals surface area contributed by atoms with E-state index >= 15 is 0 Å². The summed E-state index contributed by atoms with van der Waals surface area (Å²) in [6.07, 6.45) is 1.11. The first-order chi connectivity index (χ1) is 4.22. The highest BCUT2D eigenvalue weighted by Gasteiger charge is 2.41. The van der Waals surface area contributed by atoms with E-state index in [1.54, 1.807) is 0 Å². The fourth-order valence-electron chi connectivity index (χ4n) is 1.30. The van der Waals surface area contributed by atoms with Crippen molar-refractivity contribution >= 4 is 12.4 Å². The molecule has 0 radical (unpaired) electrons. The zero-order valence-corrected chi connectivity index (χ0v) is 6.60. The third kappa shape index (κ3) is 1.61. The molecule has 1 rings (SSSR count). The number of hydrogen-bond acceptors (Lipinski definition) is 3. The summed E-state index contributed by atoms with van der Waals surface area (Å²) in [6.45, 7) is 0.598. The van der Waals surface area contributed by atoms with Crippen molar-refractivity contribution in [3.8, 4) is 0 Å². The molecule has 0 aromatic heterocycles. The maximum Gasteiger partial charge on any atom is 0.0553 e. The molecule has 0 saturated heterocycles. The van der Waals surface area contributed by atoms with Crippen LogP contribution < -0.4 is 5.73 Å². The zero-order chi connectivity index (χ0) is 6.91. The van der Waals surface area contributed by atoms with Crippen molar-refractivity contribution in [1.29, 1.82) is 0 Å². The molecule has 1 saturated carbocycles. The fraction of sp³-hybridized carbons (Fsp3) is 1.00. The summed E-state index contributed by atoms with van der Waals surface area (Å²) in [5, 5.41) is 17.6. The van der Waals surface area contributed by atoms with Gasteiger partial charge >= 0.3 is 0 Å². The van der Waals surface area contributed by atoms with Crippen LogP contribution in [-0.2, 0) is 0 Å². The summed E-state index contributed by atoms with van der Waals surface area (Å²) < 4.78 is 0. The second-order valence-corrected chi connectivity index (χ2v) is 2.92. The number of hydrogen-bond donors (Lipinski definition) is 3. The van der Waals surface area contributed by atoms with Crippen molar-refractivity contribution in [2.75, 3.05) is 13.2 Å². The van der Waals surface area contributed by atoms with Crippen LogP contribution >= 0.6 is 12.4 Å². The Morgan fingerprint density at radius 3 is 2.10 bits per heavy atom. The summed E-state index contributed by atoms with van der Waals surface area (Å²) in [7, 11) is 0. The second-order valence-electron chi connectivity index (χ2n) is 2.92. The van der Waals surface area contributed by atoms with E-state index in [0.717, 1.165) is 0 Å². The van der Waals surface area contributed by atoms with Gasteiger partial charge in [0.1, 0.15) is 0 Å². The molecule has 1 fully saturated rings. The summed E-state index contributed by atoms with van der Waals surface area (Å²) in [4.78, 5) is 0. The third-order valence-electron chi connectivity index (χ3n) is 2.11. The summed E-state index contributed by atoms with van der Waals surface area (Å²) in [5.41, 5.74) is 5.23. The van der Waals surface area contributed by atoms with Crippen molar-refractivity contribution in [3.63, 3.8) is 0 Å². The normalized spacial score (nSPS) is 38.1. The van der Waals surface area contributed by atoms with Gasteiger partial charge in [-0.05, 0) is 12.8 Å². The van der Waals surface area contributed by atoms with E-state index < -0.39 is 0 Å². The van der Waals surface area contributed by atoms with Crippen molar-refractivity contribution in [1.82, 2.24) is 0 Å². The molecule has 0 aliphatic heterocycles. The van der Waals surface area contributed by atoms with Gasteiger partial charge in [0.2, 0.25) is 0 Å². The third-order valence-corrected chi connectivity index (χ3v) is 2.11. The topological polar surface area (TPSA) is 66.5 Å². The predicted octanol–water partition coefficient (Wildman–Crippen LogP) is -0.500. The van der Waals surface area contributed by atoms with Crippen LogP contribution in [0.25, 0.3) is 0 Å². The molecule has 4 N–H and O–H groups in total. The summed E-state index contributed by atoms with van der Waals surface area (Å²) >= 11 is 0. The number of aliphatic hydroxyl groups is 2. The van der Waals surface area contributed by atoms with Crippen LogP contribution in [-0.4, -0.2) is 29.5 Å². The molecular formula is C6H14ClNO2. The first-order valence-corrected chi connectivity index (χ1v) is 3.21. The molecule has 0 aromatic carbocycles. The van der Waals surface area contributed by atoms with Crippen molar-refractivity contribution in [2.45, 2.75) is 18.9 Å². The number of rotatable bonds is 2. The molecule has 1 aliphatic carbocycles. The van der Waals surface area contributed by atoms with Crippen LogP contribution in [0.5, 0.6) is 0 Å². The SMILES string of the molecule is Cl.NCC1(CO)CC(O)C1. The first kappa shape index (κ1) is 10.2. The number of aliphatic hydroxyl groups excluding tert-OH is 2. The molecule has 0 bridgehead atoms. The Hall–Kier alpha value is 0.170. The molecule has 1 aliphatic rings. The predicted molar refractivity (Wildman–Crippen MR) is 41.1 cm³/mol. The largest absolute Gasteiger partial charge is 0.396 e. The Kier molecular flexibility index (Phi) is 3.59. The highest BCUT2D eigenvalue weighted by atomic mass is 35.5. The summed E-state index contributed by atoms with van der Waals surface area (Å²) in [6, 6.07) is 0. The van der Waals surface area contributed by atoms with Gasteiger partial charge in [-0.15, -0.1) is 12.4 Å². The molecule has 10 heavy (non-hydrogen) atoms. The van der Waals surface area contributed by atoms with Crippen LogP contribution in [0.15, 0.2) is 0 Å². The standard InChI is InChI=1S/C6H13NO2.ClH/c7-3-6(4-8)1-5(9)2-6;/h5,8-9H,1-4,7H2;1H. The Labute approximate surface area is 66.6 Å². The number of halogens is 1. The van der Waals surface area contributed by atoms with E-state index in [9.17, 15) is 0 Å². The van der Waals surface area contributed by atoms with E-state index in [1.165, 1.54) is 0 Å². The van der Waals surface area contributed by atoms with Crippen molar-refractivity contribution in [2.24, 2.45) is 11.1 Å². The molecule has 62 valence electrons. The van der Waals surface area contributed by atoms with E-state index in [4.69, 9.17) is 15.9 Å². The van der Waals surface area contributed by atoms with Gasteiger partial charge in [-0.2, -0.15) is 0 Å². The minimum absolute atomic E-state index is 0. The fourth-order valence-corrected chi connectivity index (χ4v) is 1.30. The highest BCUT2D eigenvalue weighted by Crippen LogP contribution is 2.39. The Morgan fingerprint density at radius 2 is 2.00 bits per heavy atom. The maximum atomic E-state index is 8.88. The van der Waals surface area contributed by atoms with Crippen LogP contribution in [0.2, 0.25) is 0 Å². The smallest absolute Gasteiger partial charge is 0.0553 e. The molecule has 3 nitrogen and oxygen atoms in total. The molecular weight excluding hydrogens is 154 g/mol. The van der Waals surface area contributed by atoms with Crippen LogP contribution in [0.3, 0.4) is 0 Å². The maximum absolute atomic E-state index is 8.88. The lowest BCUT2D eigenvalue weighted by atomic mass is 9.67. The van der Waals surface area contributed by atoms with Crippen LogP contribution in [0.4, 0.5) is 0 Å². The minimum atomic E-state index is -0.222. The molecule has 0 spiro atoms. The summed E-state index contributed by atoms with van der Waals surface area (Å²) in [5.74, 6) is 0. The molecule has 4 heteroatoms. The quantitative estimate of drug-likeness (QED) is 0.520. The lowest BCUT2D eigenvalue weighted by Crippen LogP contribution is -2.48. The Balaban J connectivity index is 0.000000810. The zero-order valence-electron chi connectivity index (χ0n) is 5.79. The lowest BCUT2D eigenvalue weighted by Gasteiger charge is -2.43. The van der Waals surface area contributed by atoms with Gasteiger partial charge in [0.25, 0.3) is 0 Å². The Morgan fingerprint density at radius 1 is 1.50 bits per heavy atom. The van der Waals surface area contributed by atoms with Gasteiger partial charge in [-0.1, -0.05) is 0 Å². The lowest BCUT2D eigenvalue weighted by molar-refractivity contribution is -0.0576. The van der Waals surface area contributed by atoms with Crippen molar-refractivity contribution < 1.29 is 10.2 Å². The van der Waals surface area contributed by atoms with Crippen molar-refractivity contribution in [3.05, 3.63) is 0 Å². The van der Waals surface area contributed by atoms with E-state index in [1.807, 2.05) is 0 Å². The van der Waals surface area contributed by atoms with Gasteiger partial charge in [0.05, 0.1) is 12.7 Å². The van der Waals surface area contributed by atoms with Gasteiger partial charge < -0.3 is 15.9 Å². The average Bonchev–Trinajstić information content (AvgIpc) is 1.81. The Bertz CT molecular complexity index is 97.9. The van der Waals surface area contributed by atoms with E-state index in [-0.39, 0.29) is 30.5 Å². The molecule has 0 unspecified atom stereocenters. The number of nitrogens with two attached hydrogens (primary N) is 1. The van der Waals surface area contributed by atoms with Gasteiger partial charge in [0, 0.05) is 12.0 Å². The average molecular weight is 168 g/mol. The van der Waals surface area contributed by atoms with Gasteiger partial charge in [-0.25, -0.2) is 0 Å². The second kappa shape index (κ2) is 3.53. The van der Waals surface area contributed by atoms with E-state index in [2.05, 4.69) is 0 Å². The minimum Gasteiger partial charge on any atom is -0.396 e. The van der Waals surface area contributed by atoms with Crippen LogP contribution in [0.1, 0.15) is 12.8 Å². The monoisotopic (exact) mass is 167 g/mol. The molecule has 0 aromatic rings. The van der Waals surface area contributed by atoms with Crippen LogP contribution in [0, 0.1) is 5.41 Å². The van der Waals surface area contributed by atoms with Gasteiger partial charge in [-0.3, -0.25) is 0 Å². The molecule has 0 heterocycles. The first-order valence-electron chi connectivity index (χ1n) is 3.21. The molecule has 0 amide bonds. The van der Waals surface area contributed by atoms with Gasteiger partial charge in [0.15, 0.2) is 0 Å². The molecule has 0 atom stereocenters. The highest BCUT2D eigenvalue weighted by molar-refractivity contribution is 5.85.